The van der Waals surface area contributed by atoms with Gasteiger partial charge >= 0.3 is 12.3 Å². The minimum Gasteiger partial charge on any atom is -0.462 e. The summed E-state index contributed by atoms with van der Waals surface area (Å²) in [6.07, 6.45) is -4.05. The lowest BCUT2D eigenvalue weighted by Gasteiger charge is -2.04. The molecule has 20 heavy (non-hydrogen) atoms. The van der Waals surface area contributed by atoms with Gasteiger partial charge in [0.05, 0.1) is 6.61 Å². The van der Waals surface area contributed by atoms with Crippen molar-refractivity contribution in [3.63, 3.8) is 0 Å². The lowest BCUT2D eigenvalue weighted by Crippen LogP contribution is -2.17. The molecular formula is C13H11F3N2O2. The van der Waals surface area contributed by atoms with Crippen LogP contribution in [0.1, 0.15) is 17.3 Å². The molecule has 4 nitrogen and oxygen atoms in total. The van der Waals surface area contributed by atoms with Gasteiger partial charge in [0.15, 0.2) is 0 Å². The normalized spacial score (nSPS) is 11.4. The van der Waals surface area contributed by atoms with Crippen molar-refractivity contribution in [3.05, 3.63) is 42.1 Å². The Hall–Kier alpha value is -2.31. The van der Waals surface area contributed by atoms with Crippen molar-refractivity contribution in [2.75, 3.05) is 6.61 Å². The second-order valence-corrected chi connectivity index (χ2v) is 3.89. The molecule has 7 heteroatoms. The monoisotopic (exact) mass is 284 g/mol. The molecule has 0 atom stereocenters. The van der Waals surface area contributed by atoms with Gasteiger partial charge in [-0.15, -0.1) is 13.2 Å². The van der Waals surface area contributed by atoms with Crippen LogP contribution >= 0.6 is 0 Å². The van der Waals surface area contributed by atoms with Gasteiger partial charge in [0.2, 0.25) is 0 Å². The zero-order chi connectivity index (χ0) is 14.8. The summed E-state index contributed by atoms with van der Waals surface area (Å²) in [6.45, 7) is 1.65. The first-order valence-corrected chi connectivity index (χ1v) is 5.83. The van der Waals surface area contributed by atoms with E-state index in [0.29, 0.717) is 11.8 Å². The highest BCUT2D eigenvalue weighted by atomic mass is 19.4. The number of alkyl halides is 3. The minimum atomic E-state index is -4.69. The van der Waals surface area contributed by atoms with E-state index in [1.807, 2.05) is 0 Å². The summed E-state index contributed by atoms with van der Waals surface area (Å²) < 4.78 is 42.6. The molecule has 0 amide bonds. The summed E-state index contributed by atoms with van der Waals surface area (Å²) in [5, 5.41) is 3.45. The van der Waals surface area contributed by atoms with Crippen molar-refractivity contribution in [1.29, 1.82) is 0 Å². The van der Waals surface area contributed by atoms with Crippen LogP contribution in [-0.2, 0) is 11.0 Å². The van der Waals surface area contributed by atoms with E-state index in [2.05, 4.69) is 5.10 Å². The van der Waals surface area contributed by atoms with Gasteiger partial charge in [-0.05, 0) is 6.92 Å². The third-order valence-electron chi connectivity index (χ3n) is 2.52. The van der Waals surface area contributed by atoms with Crippen LogP contribution in [0.25, 0.3) is 11.3 Å². The highest BCUT2D eigenvalue weighted by molar-refractivity contribution is 5.96. The Kier molecular flexibility index (Phi) is 3.78. The number of ether oxygens (including phenoxy) is 1. The molecule has 0 radical (unpaired) electrons. The average molecular weight is 284 g/mol. The Bertz CT molecular complexity index is 606. The van der Waals surface area contributed by atoms with Crippen LogP contribution in [-0.4, -0.2) is 22.4 Å². The maximum atomic E-state index is 12.7. The van der Waals surface area contributed by atoms with Crippen LogP contribution in [0.4, 0.5) is 13.2 Å². The summed E-state index contributed by atoms with van der Waals surface area (Å²) >= 11 is 0. The third kappa shape index (κ3) is 2.81. The van der Waals surface area contributed by atoms with E-state index in [1.54, 1.807) is 37.3 Å². The first-order valence-electron chi connectivity index (χ1n) is 5.83. The Balaban J connectivity index is 2.54. The van der Waals surface area contributed by atoms with E-state index < -0.39 is 12.3 Å². The maximum Gasteiger partial charge on any atom is 0.504 e. The predicted octanol–water partition coefficient (Wildman–Crippen LogP) is 3.20. The Morgan fingerprint density at radius 3 is 2.50 bits per heavy atom. The fourth-order valence-electron chi connectivity index (χ4n) is 1.67. The molecule has 0 aliphatic carbocycles. The SMILES string of the molecule is CCOC(=O)c1cn(C(F)(F)F)nc1-c1ccccc1. The van der Waals surface area contributed by atoms with Crippen molar-refractivity contribution in [2.24, 2.45) is 0 Å². The molecule has 2 aromatic rings. The van der Waals surface area contributed by atoms with Crippen molar-refractivity contribution in [2.45, 2.75) is 13.2 Å². The molecule has 2 rings (SSSR count). The first kappa shape index (κ1) is 14.1. The molecule has 106 valence electrons. The van der Waals surface area contributed by atoms with Gasteiger partial charge < -0.3 is 4.74 Å². The molecule has 0 bridgehead atoms. The predicted molar refractivity (Wildman–Crippen MR) is 64.9 cm³/mol. The lowest BCUT2D eigenvalue weighted by molar-refractivity contribution is -0.212. The van der Waals surface area contributed by atoms with E-state index >= 15 is 0 Å². The van der Waals surface area contributed by atoms with E-state index in [1.165, 1.54) is 0 Å². The zero-order valence-electron chi connectivity index (χ0n) is 10.5. The maximum absolute atomic E-state index is 12.7. The van der Waals surface area contributed by atoms with Crippen molar-refractivity contribution < 1.29 is 22.7 Å². The molecular weight excluding hydrogens is 273 g/mol. The molecule has 0 saturated carbocycles. The fraction of sp³-hybridized carbons (Fsp3) is 0.231. The van der Waals surface area contributed by atoms with Crippen LogP contribution in [0.5, 0.6) is 0 Å². The fourth-order valence-corrected chi connectivity index (χ4v) is 1.67. The number of rotatable bonds is 3. The first-order chi connectivity index (χ1) is 9.43. The highest BCUT2D eigenvalue weighted by Gasteiger charge is 2.34. The van der Waals surface area contributed by atoms with Crippen LogP contribution in [0.2, 0.25) is 0 Å². The number of halogens is 3. The van der Waals surface area contributed by atoms with Crippen LogP contribution in [0.3, 0.4) is 0 Å². The van der Waals surface area contributed by atoms with Crippen molar-refractivity contribution >= 4 is 5.97 Å². The number of nitrogens with zero attached hydrogens (tertiary/aromatic N) is 2. The molecule has 1 aromatic carbocycles. The van der Waals surface area contributed by atoms with Gasteiger partial charge in [-0.3, -0.25) is 0 Å². The topological polar surface area (TPSA) is 44.1 Å². The summed E-state index contributed by atoms with van der Waals surface area (Å²) in [5.74, 6) is -0.832. The third-order valence-corrected chi connectivity index (χ3v) is 2.52. The molecule has 0 saturated heterocycles. The van der Waals surface area contributed by atoms with Crippen LogP contribution in [0.15, 0.2) is 36.5 Å². The number of carbonyl (C=O) groups excluding carboxylic acids is 1. The van der Waals surface area contributed by atoms with E-state index in [-0.39, 0.29) is 22.5 Å². The number of aromatic nitrogens is 2. The highest BCUT2D eigenvalue weighted by Crippen LogP contribution is 2.28. The summed E-state index contributed by atoms with van der Waals surface area (Å²) in [6, 6.07) is 8.17. The lowest BCUT2D eigenvalue weighted by atomic mass is 10.1. The molecule has 0 aliphatic heterocycles. The molecule has 0 unspecified atom stereocenters. The molecule has 0 fully saturated rings. The van der Waals surface area contributed by atoms with Crippen LogP contribution < -0.4 is 0 Å². The molecule has 0 aliphatic rings. The van der Waals surface area contributed by atoms with Gasteiger partial charge in [-0.1, -0.05) is 30.3 Å². The van der Waals surface area contributed by atoms with E-state index in [4.69, 9.17) is 4.74 Å². The Morgan fingerprint density at radius 2 is 1.95 bits per heavy atom. The largest absolute Gasteiger partial charge is 0.504 e. The van der Waals surface area contributed by atoms with Gasteiger partial charge in [0, 0.05) is 11.8 Å². The molecule has 0 N–H and O–H groups in total. The smallest absolute Gasteiger partial charge is 0.462 e. The minimum absolute atomic E-state index is 0.0543. The van der Waals surface area contributed by atoms with E-state index in [0.717, 1.165) is 0 Å². The second kappa shape index (κ2) is 5.36. The second-order valence-electron chi connectivity index (χ2n) is 3.89. The molecule has 0 spiro atoms. The van der Waals surface area contributed by atoms with Gasteiger partial charge in [0.25, 0.3) is 0 Å². The summed E-state index contributed by atoms with van der Waals surface area (Å²) in [7, 11) is 0. The van der Waals surface area contributed by atoms with Crippen molar-refractivity contribution in [3.8, 4) is 11.3 Å². The Morgan fingerprint density at radius 1 is 1.30 bits per heavy atom. The number of hydrogen-bond acceptors (Lipinski definition) is 3. The molecule has 1 aromatic heterocycles. The number of hydrogen-bond donors (Lipinski definition) is 0. The number of esters is 1. The van der Waals surface area contributed by atoms with Crippen LogP contribution in [0, 0.1) is 0 Å². The van der Waals surface area contributed by atoms with Gasteiger partial charge in [-0.25, -0.2) is 4.79 Å². The van der Waals surface area contributed by atoms with Crippen molar-refractivity contribution in [1.82, 2.24) is 9.78 Å². The van der Waals surface area contributed by atoms with Gasteiger partial charge in [-0.2, -0.15) is 9.78 Å². The van der Waals surface area contributed by atoms with Gasteiger partial charge in [0.1, 0.15) is 11.3 Å². The molecule has 1 heterocycles. The number of carbonyl (C=O) groups is 1. The number of benzene rings is 1. The van der Waals surface area contributed by atoms with E-state index in [9.17, 15) is 18.0 Å². The Labute approximate surface area is 112 Å². The quantitative estimate of drug-likeness (QED) is 0.813. The average Bonchev–Trinajstić information content (AvgIpc) is 2.85. The standard InChI is InChI=1S/C13H11F3N2O2/c1-2-20-12(19)10-8-18(13(14,15)16)17-11(10)9-6-4-3-5-7-9/h3-8H,2H2,1H3. The summed E-state index contributed by atoms with van der Waals surface area (Å²) in [4.78, 5) is 11.7. The zero-order valence-corrected chi connectivity index (χ0v) is 10.5. The summed E-state index contributed by atoms with van der Waals surface area (Å²) in [5.41, 5.74) is 0.148.